The van der Waals surface area contributed by atoms with Crippen LogP contribution in [0.5, 0.6) is 0 Å². The Kier molecular flexibility index (Phi) is 8.21. The van der Waals surface area contributed by atoms with Gasteiger partial charge in [0, 0.05) is 4.75 Å². The predicted molar refractivity (Wildman–Crippen MR) is 91.1 cm³/mol. The van der Waals surface area contributed by atoms with Gasteiger partial charge in [-0.25, -0.2) is 0 Å². The van der Waals surface area contributed by atoms with Crippen LogP contribution in [-0.4, -0.2) is 10.5 Å². The van der Waals surface area contributed by atoms with Crippen molar-refractivity contribution in [3.05, 3.63) is 11.1 Å². The highest BCUT2D eigenvalue weighted by Crippen LogP contribution is 2.42. The number of hydrogen-bond donors (Lipinski definition) is 0. The molecule has 0 spiro atoms. The lowest BCUT2D eigenvalue weighted by atomic mass is 9.84. The summed E-state index contributed by atoms with van der Waals surface area (Å²) in [6.07, 6.45) is 14.1. The quantitative estimate of drug-likeness (QED) is 0.350. The third kappa shape index (κ3) is 6.88. The van der Waals surface area contributed by atoms with Gasteiger partial charge in [-0.05, 0) is 51.7 Å². The van der Waals surface area contributed by atoms with E-state index < -0.39 is 0 Å². The van der Waals surface area contributed by atoms with Gasteiger partial charge in [0.25, 0.3) is 0 Å². The molecule has 0 saturated heterocycles. The summed E-state index contributed by atoms with van der Waals surface area (Å²) >= 11 is 2.25. The second-order valence-corrected chi connectivity index (χ2v) is 8.35. The Morgan fingerprint density at radius 3 is 2.16 bits per heavy atom. The lowest BCUT2D eigenvalue weighted by Gasteiger charge is -2.35. The summed E-state index contributed by atoms with van der Waals surface area (Å²) in [5.41, 5.74) is 3.31. The third-order valence-electron chi connectivity index (χ3n) is 4.57. The van der Waals surface area contributed by atoms with Crippen molar-refractivity contribution in [3.8, 4) is 0 Å². The number of hydrogen-bond acceptors (Lipinski definition) is 1. The smallest absolute Gasteiger partial charge is 0.0138 e. The van der Waals surface area contributed by atoms with Crippen LogP contribution in [0.4, 0.5) is 0 Å². The SMILES string of the molecule is CCCCCCCCSC1(C)CCC(=C(C)C)CC1. The van der Waals surface area contributed by atoms with Gasteiger partial charge in [0.1, 0.15) is 0 Å². The Balaban J connectivity index is 2.11. The van der Waals surface area contributed by atoms with E-state index in [1.807, 2.05) is 0 Å². The van der Waals surface area contributed by atoms with Crippen LogP contribution in [-0.2, 0) is 0 Å². The van der Waals surface area contributed by atoms with Gasteiger partial charge >= 0.3 is 0 Å². The average molecular weight is 283 g/mol. The molecule has 1 fully saturated rings. The standard InChI is InChI=1S/C18H34S/c1-5-6-7-8-9-10-15-19-18(4)13-11-17(12-14-18)16(2)3/h5-15H2,1-4H3. The van der Waals surface area contributed by atoms with Crippen LogP contribution < -0.4 is 0 Å². The van der Waals surface area contributed by atoms with E-state index in [1.165, 1.54) is 70.0 Å². The first-order chi connectivity index (χ1) is 9.07. The minimum atomic E-state index is 0.572. The molecule has 0 atom stereocenters. The van der Waals surface area contributed by atoms with Crippen molar-refractivity contribution in [2.45, 2.75) is 96.7 Å². The van der Waals surface area contributed by atoms with Gasteiger partial charge in [0.2, 0.25) is 0 Å². The van der Waals surface area contributed by atoms with E-state index in [-0.39, 0.29) is 0 Å². The highest BCUT2D eigenvalue weighted by Gasteiger charge is 2.28. The molecule has 1 rings (SSSR count). The molecule has 1 aliphatic rings. The molecule has 0 radical (unpaired) electrons. The minimum Gasteiger partial charge on any atom is -0.155 e. The summed E-state index contributed by atoms with van der Waals surface area (Å²) in [5, 5.41) is 0. The molecule has 1 aliphatic carbocycles. The number of allylic oxidation sites excluding steroid dienone is 2. The maximum Gasteiger partial charge on any atom is 0.0138 e. The fourth-order valence-electron chi connectivity index (χ4n) is 2.93. The van der Waals surface area contributed by atoms with E-state index in [4.69, 9.17) is 0 Å². The zero-order valence-electron chi connectivity index (χ0n) is 13.7. The maximum absolute atomic E-state index is 2.50. The largest absolute Gasteiger partial charge is 0.155 e. The topological polar surface area (TPSA) is 0 Å². The molecule has 0 unspecified atom stereocenters. The van der Waals surface area contributed by atoms with E-state index in [2.05, 4.69) is 39.5 Å². The van der Waals surface area contributed by atoms with Gasteiger partial charge in [-0.3, -0.25) is 0 Å². The molecule has 0 nitrogen and oxygen atoms in total. The molecule has 0 aromatic carbocycles. The van der Waals surface area contributed by atoms with Crippen molar-refractivity contribution in [1.29, 1.82) is 0 Å². The fraction of sp³-hybridized carbons (Fsp3) is 0.889. The Morgan fingerprint density at radius 1 is 1.00 bits per heavy atom. The summed E-state index contributed by atoms with van der Waals surface area (Å²) in [5.74, 6) is 1.38. The molecule has 0 amide bonds. The molecule has 1 saturated carbocycles. The average Bonchev–Trinajstić information content (AvgIpc) is 2.38. The van der Waals surface area contributed by atoms with Crippen molar-refractivity contribution >= 4 is 11.8 Å². The third-order valence-corrected chi connectivity index (χ3v) is 6.16. The molecule has 0 aromatic rings. The summed E-state index contributed by atoms with van der Waals surface area (Å²) in [6.45, 7) is 9.35. The summed E-state index contributed by atoms with van der Waals surface area (Å²) in [6, 6.07) is 0. The number of thioether (sulfide) groups is 1. The molecular formula is C18H34S. The first kappa shape index (κ1) is 17.1. The van der Waals surface area contributed by atoms with Crippen LogP contribution in [0, 0.1) is 0 Å². The van der Waals surface area contributed by atoms with E-state index in [1.54, 1.807) is 11.1 Å². The zero-order chi connectivity index (χ0) is 14.1. The predicted octanol–water partition coefficient (Wildman–Crippen LogP) is 6.75. The highest BCUT2D eigenvalue weighted by molar-refractivity contribution is 8.00. The lowest BCUT2D eigenvalue weighted by Crippen LogP contribution is -2.25. The van der Waals surface area contributed by atoms with E-state index in [9.17, 15) is 0 Å². The van der Waals surface area contributed by atoms with Crippen molar-refractivity contribution in [1.82, 2.24) is 0 Å². The van der Waals surface area contributed by atoms with Crippen molar-refractivity contribution in [2.75, 3.05) is 5.75 Å². The number of unbranched alkanes of at least 4 members (excludes halogenated alkanes) is 5. The molecule has 0 N–H and O–H groups in total. The van der Waals surface area contributed by atoms with Crippen molar-refractivity contribution in [2.24, 2.45) is 0 Å². The zero-order valence-corrected chi connectivity index (χ0v) is 14.5. The fourth-order valence-corrected chi connectivity index (χ4v) is 4.26. The van der Waals surface area contributed by atoms with Gasteiger partial charge in [0.15, 0.2) is 0 Å². The molecule has 0 bridgehead atoms. The van der Waals surface area contributed by atoms with E-state index in [0.29, 0.717) is 4.75 Å². The van der Waals surface area contributed by atoms with Crippen molar-refractivity contribution < 1.29 is 0 Å². The minimum absolute atomic E-state index is 0.572. The van der Waals surface area contributed by atoms with Crippen LogP contribution in [0.25, 0.3) is 0 Å². The lowest BCUT2D eigenvalue weighted by molar-refractivity contribution is 0.484. The first-order valence-electron chi connectivity index (χ1n) is 8.36. The summed E-state index contributed by atoms with van der Waals surface area (Å²) < 4.78 is 0.572. The molecule has 112 valence electrons. The molecule has 1 heteroatoms. The molecule has 19 heavy (non-hydrogen) atoms. The van der Waals surface area contributed by atoms with Crippen LogP contribution in [0.3, 0.4) is 0 Å². The summed E-state index contributed by atoms with van der Waals surface area (Å²) in [7, 11) is 0. The van der Waals surface area contributed by atoms with Crippen LogP contribution >= 0.6 is 11.8 Å². The van der Waals surface area contributed by atoms with E-state index >= 15 is 0 Å². The second-order valence-electron chi connectivity index (χ2n) is 6.67. The molecule has 0 heterocycles. The van der Waals surface area contributed by atoms with Gasteiger partial charge in [-0.15, -0.1) is 0 Å². The van der Waals surface area contributed by atoms with Crippen LogP contribution in [0.15, 0.2) is 11.1 Å². The van der Waals surface area contributed by atoms with Gasteiger partial charge < -0.3 is 0 Å². The second kappa shape index (κ2) is 9.10. The monoisotopic (exact) mass is 282 g/mol. The molecular weight excluding hydrogens is 248 g/mol. The maximum atomic E-state index is 2.50. The normalized spacial score (nSPS) is 23.7. The van der Waals surface area contributed by atoms with Gasteiger partial charge in [-0.2, -0.15) is 11.8 Å². The van der Waals surface area contributed by atoms with Gasteiger partial charge in [0.05, 0.1) is 0 Å². The van der Waals surface area contributed by atoms with Crippen LogP contribution in [0.1, 0.15) is 91.9 Å². The van der Waals surface area contributed by atoms with Crippen molar-refractivity contribution in [3.63, 3.8) is 0 Å². The number of rotatable bonds is 8. The summed E-state index contributed by atoms with van der Waals surface area (Å²) in [4.78, 5) is 0. The Hall–Kier alpha value is 0.0900. The molecule has 0 aromatic heterocycles. The Morgan fingerprint density at radius 2 is 1.58 bits per heavy atom. The Bertz CT molecular complexity index is 263. The van der Waals surface area contributed by atoms with Crippen LogP contribution in [0.2, 0.25) is 0 Å². The highest BCUT2D eigenvalue weighted by atomic mass is 32.2. The Labute approximate surface area is 125 Å². The van der Waals surface area contributed by atoms with Gasteiger partial charge in [-0.1, -0.05) is 57.1 Å². The molecule has 0 aliphatic heterocycles. The first-order valence-corrected chi connectivity index (χ1v) is 9.35. The van der Waals surface area contributed by atoms with E-state index in [0.717, 1.165) is 0 Å².